The minimum absolute atomic E-state index is 0.0241. The number of hydrogen-bond acceptors (Lipinski definition) is 4. The predicted molar refractivity (Wildman–Crippen MR) is 106 cm³/mol. The Morgan fingerprint density at radius 1 is 1.18 bits per heavy atom. The lowest BCUT2D eigenvalue weighted by molar-refractivity contribution is -0.136. The fourth-order valence-corrected chi connectivity index (χ4v) is 3.82. The van der Waals surface area contributed by atoms with Crippen molar-refractivity contribution in [2.24, 2.45) is 0 Å². The molecule has 146 valence electrons. The number of fused-ring (bicyclic) bond motifs is 1. The van der Waals surface area contributed by atoms with E-state index in [-0.39, 0.29) is 17.5 Å². The van der Waals surface area contributed by atoms with Crippen LogP contribution in [0.3, 0.4) is 0 Å². The third kappa shape index (κ3) is 3.17. The van der Waals surface area contributed by atoms with Crippen molar-refractivity contribution in [1.82, 2.24) is 14.9 Å². The Bertz CT molecular complexity index is 1000. The fourth-order valence-electron chi connectivity index (χ4n) is 3.82. The molecule has 2 aromatic heterocycles. The second kappa shape index (κ2) is 6.82. The first-order chi connectivity index (χ1) is 13.4. The van der Waals surface area contributed by atoms with Crippen LogP contribution in [0.5, 0.6) is 5.75 Å². The molecule has 1 aromatic carbocycles. The highest BCUT2D eigenvalue weighted by Gasteiger charge is 2.37. The molecule has 0 bridgehead atoms. The number of nitrogens with zero attached hydrogens (tertiary/aromatic N) is 3. The Labute approximate surface area is 162 Å². The second-order valence-electron chi connectivity index (χ2n) is 7.67. The molecule has 1 fully saturated rings. The van der Waals surface area contributed by atoms with E-state index in [2.05, 4.69) is 14.9 Å². The fraction of sp³-hybridized carbons (Fsp3) is 0.333. The molecule has 0 unspecified atom stereocenters. The van der Waals surface area contributed by atoms with Crippen molar-refractivity contribution in [3.63, 3.8) is 0 Å². The van der Waals surface area contributed by atoms with Crippen LogP contribution in [-0.2, 0) is 10.2 Å². The smallest absolute Gasteiger partial charge is 0.232 e. The lowest BCUT2D eigenvalue weighted by atomic mass is 9.82. The van der Waals surface area contributed by atoms with Crippen LogP contribution >= 0.6 is 0 Å². The molecule has 2 N–H and O–H groups in total. The first-order valence-electron chi connectivity index (χ1n) is 9.33. The first kappa shape index (κ1) is 18.3. The number of pyridine rings is 1. The number of benzene rings is 1. The molecule has 0 spiro atoms. The van der Waals surface area contributed by atoms with Gasteiger partial charge in [0.05, 0.1) is 11.6 Å². The van der Waals surface area contributed by atoms with Gasteiger partial charge in [-0.15, -0.1) is 0 Å². The Kier molecular flexibility index (Phi) is 4.45. The maximum Gasteiger partial charge on any atom is 0.232 e. The van der Waals surface area contributed by atoms with Gasteiger partial charge in [0.15, 0.2) is 0 Å². The molecule has 0 aliphatic carbocycles. The molecule has 3 aromatic rings. The van der Waals surface area contributed by atoms with Gasteiger partial charge in [-0.2, -0.15) is 0 Å². The first-order valence-corrected chi connectivity index (χ1v) is 9.33. The quantitative estimate of drug-likeness (QED) is 0.730. The summed E-state index contributed by atoms with van der Waals surface area (Å²) in [6.07, 6.45) is 3.23. The number of carbonyl (C=O) groups is 1. The van der Waals surface area contributed by atoms with Crippen LogP contribution in [0.1, 0.15) is 19.4 Å². The summed E-state index contributed by atoms with van der Waals surface area (Å²) in [5, 5.41) is 10.1. The number of hydrogen-bond donors (Lipinski definition) is 2. The third-order valence-electron chi connectivity index (χ3n) is 5.47. The summed E-state index contributed by atoms with van der Waals surface area (Å²) in [5.74, 6) is 0.633. The molecular formula is C21H23FN4O2. The highest BCUT2D eigenvalue weighted by Crippen LogP contribution is 2.33. The molecule has 1 amide bonds. The maximum atomic E-state index is 13.7. The summed E-state index contributed by atoms with van der Waals surface area (Å²) in [6, 6.07) is 7.97. The summed E-state index contributed by atoms with van der Waals surface area (Å²) in [6.45, 7) is 6.28. The van der Waals surface area contributed by atoms with Gasteiger partial charge >= 0.3 is 0 Å². The highest BCUT2D eigenvalue weighted by molar-refractivity contribution is 5.94. The molecule has 0 radical (unpaired) electrons. The van der Waals surface area contributed by atoms with Gasteiger partial charge in [0.2, 0.25) is 5.91 Å². The van der Waals surface area contributed by atoms with Crippen LogP contribution in [0, 0.1) is 5.82 Å². The van der Waals surface area contributed by atoms with E-state index in [0.717, 1.165) is 22.3 Å². The van der Waals surface area contributed by atoms with E-state index in [4.69, 9.17) is 0 Å². The van der Waals surface area contributed by atoms with E-state index in [1.54, 1.807) is 24.4 Å². The number of aromatic hydroxyl groups is 1. The van der Waals surface area contributed by atoms with E-state index < -0.39 is 5.41 Å². The second-order valence-corrected chi connectivity index (χ2v) is 7.67. The van der Waals surface area contributed by atoms with E-state index in [1.165, 1.54) is 18.3 Å². The van der Waals surface area contributed by atoms with Crippen LogP contribution in [0.2, 0.25) is 0 Å². The molecular weight excluding hydrogens is 359 g/mol. The molecule has 1 aliphatic rings. The summed E-state index contributed by atoms with van der Waals surface area (Å²) in [4.78, 5) is 24.6. The van der Waals surface area contributed by atoms with Crippen molar-refractivity contribution in [3.8, 4) is 5.75 Å². The van der Waals surface area contributed by atoms with Gasteiger partial charge in [-0.1, -0.05) is 0 Å². The third-order valence-corrected chi connectivity index (χ3v) is 5.47. The van der Waals surface area contributed by atoms with Crippen molar-refractivity contribution in [2.45, 2.75) is 19.3 Å². The number of nitrogens with one attached hydrogen (secondary N) is 1. The van der Waals surface area contributed by atoms with E-state index in [1.807, 2.05) is 18.7 Å². The van der Waals surface area contributed by atoms with Crippen LogP contribution in [0.4, 0.5) is 10.2 Å². The van der Waals surface area contributed by atoms with Crippen LogP contribution < -0.4 is 4.90 Å². The zero-order chi connectivity index (χ0) is 19.9. The Hall–Kier alpha value is -3.09. The average Bonchev–Trinajstić information content (AvgIpc) is 3.12. The number of halogens is 1. The number of aromatic nitrogens is 2. The van der Waals surface area contributed by atoms with E-state index in [9.17, 15) is 14.3 Å². The van der Waals surface area contributed by atoms with Gasteiger partial charge in [-0.25, -0.2) is 9.37 Å². The van der Waals surface area contributed by atoms with Gasteiger partial charge in [0.25, 0.3) is 0 Å². The van der Waals surface area contributed by atoms with E-state index >= 15 is 0 Å². The van der Waals surface area contributed by atoms with Crippen LogP contribution in [0.25, 0.3) is 10.9 Å². The number of aromatic amines is 1. The standard InChI is InChI=1S/C21H23FN4O2/c1-21(2,17-13-23-18-5-3-14(22)11-16(17)18)20(28)26-9-7-25(8-10-26)19-6-4-15(27)12-24-19/h3-6,11-13,23,27H,7-10H2,1-2H3. The summed E-state index contributed by atoms with van der Waals surface area (Å²) < 4.78 is 13.7. The van der Waals surface area contributed by atoms with Crippen molar-refractivity contribution in [3.05, 3.63) is 54.1 Å². The lowest BCUT2D eigenvalue weighted by Gasteiger charge is -2.39. The Morgan fingerprint density at radius 2 is 1.93 bits per heavy atom. The minimum Gasteiger partial charge on any atom is -0.506 e. The van der Waals surface area contributed by atoms with Crippen LogP contribution in [-0.4, -0.2) is 52.1 Å². The topological polar surface area (TPSA) is 72.5 Å². The van der Waals surface area contributed by atoms with Gasteiger partial charge in [-0.05, 0) is 49.7 Å². The Balaban J connectivity index is 1.51. The minimum atomic E-state index is -0.773. The molecule has 3 heterocycles. The van der Waals surface area contributed by atoms with Gasteiger partial charge in [-0.3, -0.25) is 4.79 Å². The average molecular weight is 382 g/mol. The zero-order valence-electron chi connectivity index (χ0n) is 15.9. The number of anilines is 1. The SMILES string of the molecule is CC(C)(C(=O)N1CCN(c2ccc(O)cn2)CC1)c1c[nH]c2ccc(F)cc12. The van der Waals surface area contributed by atoms with Crippen molar-refractivity contribution < 1.29 is 14.3 Å². The molecule has 6 nitrogen and oxygen atoms in total. The van der Waals surface area contributed by atoms with Gasteiger partial charge in [0, 0.05) is 43.3 Å². The molecule has 1 saturated heterocycles. The predicted octanol–water partition coefficient (Wildman–Crippen LogP) is 3.03. The Morgan fingerprint density at radius 3 is 2.61 bits per heavy atom. The molecule has 0 saturated carbocycles. The number of carbonyl (C=O) groups excluding carboxylic acids is 1. The molecule has 7 heteroatoms. The van der Waals surface area contributed by atoms with E-state index in [0.29, 0.717) is 26.2 Å². The molecule has 1 aliphatic heterocycles. The summed E-state index contributed by atoms with van der Waals surface area (Å²) in [5.41, 5.74) is 0.848. The van der Waals surface area contributed by atoms with Crippen molar-refractivity contribution in [1.29, 1.82) is 0 Å². The number of rotatable bonds is 3. The number of H-pyrrole nitrogens is 1. The number of amides is 1. The lowest BCUT2D eigenvalue weighted by Crippen LogP contribution is -2.53. The summed E-state index contributed by atoms with van der Waals surface area (Å²) >= 11 is 0. The van der Waals surface area contributed by atoms with Gasteiger partial charge < -0.3 is 19.9 Å². The highest BCUT2D eigenvalue weighted by atomic mass is 19.1. The molecule has 0 atom stereocenters. The molecule has 28 heavy (non-hydrogen) atoms. The van der Waals surface area contributed by atoms with Crippen molar-refractivity contribution >= 4 is 22.6 Å². The summed E-state index contributed by atoms with van der Waals surface area (Å²) in [7, 11) is 0. The van der Waals surface area contributed by atoms with Gasteiger partial charge in [0.1, 0.15) is 17.4 Å². The van der Waals surface area contributed by atoms with Crippen LogP contribution in [0.15, 0.2) is 42.7 Å². The van der Waals surface area contributed by atoms with Crippen molar-refractivity contribution in [2.75, 3.05) is 31.1 Å². The largest absolute Gasteiger partial charge is 0.506 e. The monoisotopic (exact) mass is 382 g/mol. The number of piperazine rings is 1. The zero-order valence-corrected chi connectivity index (χ0v) is 15.9. The normalized spacial score (nSPS) is 15.2. The molecule has 4 rings (SSSR count). The maximum absolute atomic E-state index is 13.7.